The lowest BCUT2D eigenvalue weighted by Crippen LogP contribution is -2.21. The monoisotopic (exact) mass is 277 g/mol. The predicted molar refractivity (Wildman–Crippen MR) is 79.4 cm³/mol. The number of ether oxygens (including phenoxy) is 1. The molecule has 1 aromatic heterocycles. The molecule has 0 aliphatic rings. The average Bonchev–Trinajstić information content (AvgIpc) is 2.47. The lowest BCUT2D eigenvalue weighted by Gasteiger charge is -2.01. The van der Waals surface area contributed by atoms with Gasteiger partial charge in [0.15, 0.2) is 0 Å². The molecule has 0 unspecified atom stereocenters. The molecule has 110 valence electrons. The highest BCUT2D eigenvalue weighted by Crippen LogP contribution is 2.04. The second-order valence-electron chi connectivity index (χ2n) is 4.42. The minimum absolute atomic E-state index is 0.0876. The molecule has 1 amide bonds. The fourth-order valence-electron chi connectivity index (χ4n) is 1.61. The molecule has 0 bridgehead atoms. The van der Waals surface area contributed by atoms with Crippen LogP contribution in [0.25, 0.3) is 6.08 Å². The van der Waals surface area contributed by atoms with E-state index in [1.807, 2.05) is 6.92 Å². The Morgan fingerprint density at radius 2 is 2.00 bits per heavy atom. The summed E-state index contributed by atoms with van der Waals surface area (Å²) >= 11 is 0. The van der Waals surface area contributed by atoms with Gasteiger partial charge >= 0.3 is 6.01 Å². The van der Waals surface area contributed by atoms with E-state index in [2.05, 4.69) is 22.2 Å². The molecule has 5 nitrogen and oxygen atoms in total. The van der Waals surface area contributed by atoms with E-state index in [0.29, 0.717) is 12.6 Å². The first-order chi connectivity index (χ1) is 9.76. The third-order valence-electron chi connectivity index (χ3n) is 2.68. The number of amides is 1. The third kappa shape index (κ3) is 6.87. The van der Waals surface area contributed by atoms with Gasteiger partial charge in [-0.1, -0.05) is 26.2 Å². The Kier molecular flexibility index (Phi) is 8.03. The van der Waals surface area contributed by atoms with Crippen LogP contribution in [0, 0.1) is 0 Å². The number of carbonyl (C=O) groups is 1. The average molecular weight is 277 g/mol. The minimum Gasteiger partial charge on any atom is -0.464 e. The SMILES string of the molecule is CCCCCCNC(=O)/C=C/c1cnc(OCC)nc1. The van der Waals surface area contributed by atoms with E-state index < -0.39 is 0 Å². The fraction of sp³-hybridized carbons (Fsp3) is 0.533. The second-order valence-corrected chi connectivity index (χ2v) is 4.42. The van der Waals surface area contributed by atoms with Gasteiger partial charge in [0.25, 0.3) is 0 Å². The molecule has 1 N–H and O–H groups in total. The van der Waals surface area contributed by atoms with Gasteiger partial charge in [-0.3, -0.25) is 4.79 Å². The Labute approximate surface area is 120 Å². The molecule has 0 spiro atoms. The van der Waals surface area contributed by atoms with Crippen molar-refractivity contribution in [2.45, 2.75) is 39.5 Å². The predicted octanol–water partition coefficient (Wildman–Crippen LogP) is 2.59. The lowest BCUT2D eigenvalue weighted by atomic mass is 10.2. The third-order valence-corrected chi connectivity index (χ3v) is 2.68. The van der Waals surface area contributed by atoms with E-state index in [-0.39, 0.29) is 5.91 Å². The van der Waals surface area contributed by atoms with Gasteiger partial charge in [-0.2, -0.15) is 0 Å². The van der Waals surface area contributed by atoms with Gasteiger partial charge in [0.1, 0.15) is 0 Å². The van der Waals surface area contributed by atoms with Crippen molar-refractivity contribution in [3.63, 3.8) is 0 Å². The van der Waals surface area contributed by atoms with Crippen molar-refractivity contribution in [3.8, 4) is 6.01 Å². The summed E-state index contributed by atoms with van der Waals surface area (Å²) in [6.45, 7) is 5.31. The smallest absolute Gasteiger partial charge is 0.316 e. The minimum atomic E-state index is -0.0876. The number of nitrogens with one attached hydrogen (secondary N) is 1. The molecule has 0 aliphatic carbocycles. The van der Waals surface area contributed by atoms with E-state index in [1.54, 1.807) is 18.5 Å². The number of aromatic nitrogens is 2. The zero-order valence-electron chi connectivity index (χ0n) is 12.3. The van der Waals surface area contributed by atoms with Crippen LogP contribution < -0.4 is 10.1 Å². The summed E-state index contributed by atoms with van der Waals surface area (Å²) in [5.41, 5.74) is 0.773. The first kappa shape index (κ1) is 16.1. The number of carbonyl (C=O) groups excluding carboxylic acids is 1. The molecule has 1 aromatic rings. The summed E-state index contributed by atoms with van der Waals surface area (Å²) in [6, 6.07) is 0.352. The fourth-order valence-corrected chi connectivity index (χ4v) is 1.61. The molecule has 0 saturated carbocycles. The Bertz CT molecular complexity index is 416. The van der Waals surface area contributed by atoms with Gasteiger partial charge in [-0.15, -0.1) is 0 Å². The molecular weight excluding hydrogens is 254 g/mol. The highest BCUT2D eigenvalue weighted by Gasteiger charge is 1.97. The zero-order valence-corrected chi connectivity index (χ0v) is 12.3. The van der Waals surface area contributed by atoms with Gasteiger partial charge in [-0.05, 0) is 19.4 Å². The Morgan fingerprint density at radius 3 is 2.65 bits per heavy atom. The van der Waals surface area contributed by atoms with Crippen molar-refractivity contribution in [2.75, 3.05) is 13.2 Å². The highest BCUT2D eigenvalue weighted by atomic mass is 16.5. The van der Waals surface area contributed by atoms with Crippen molar-refractivity contribution in [1.82, 2.24) is 15.3 Å². The maximum atomic E-state index is 11.6. The van der Waals surface area contributed by atoms with Crippen LogP contribution in [-0.2, 0) is 4.79 Å². The zero-order chi connectivity index (χ0) is 14.6. The van der Waals surface area contributed by atoms with Gasteiger partial charge in [0.2, 0.25) is 5.91 Å². The van der Waals surface area contributed by atoms with E-state index in [9.17, 15) is 4.79 Å². The number of nitrogens with zero attached hydrogens (tertiary/aromatic N) is 2. The van der Waals surface area contributed by atoms with E-state index in [4.69, 9.17) is 4.74 Å². The number of hydrogen-bond acceptors (Lipinski definition) is 4. The highest BCUT2D eigenvalue weighted by molar-refractivity contribution is 5.91. The normalized spacial score (nSPS) is 10.7. The first-order valence-corrected chi connectivity index (χ1v) is 7.17. The van der Waals surface area contributed by atoms with Crippen LogP contribution in [-0.4, -0.2) is 29.0 Å². The van der Waals surface area contributed by atoms with Crippen LogP contribution >= 0.6 is 0 Å². The quantitative estimate of drug-likeness (QED) is 0.556. The molecule has 1 heterocycles. The maximum absolute atomic E-state index is 11.6. The summed E-state index contributed by atoms with van der Waals surface area (Å²) in [6.07, 6.45) is 11.1. The molecule has 0 fully saturated rings. The summed E-state index contributed by atoms with van der Waals surface area (Å²) < 4.78 is 5.15. The van der Waals surface area contributed by atoms with E-state index >= 15 is 0 Å². The van der Waals surface area contributed by atoms with Crippen molar-refractivity contribution >= 4 is 12.0 Å². The lowest BCUT2D eigenvalue weighted by molar-refractivity contribution is -0.116. The molecule has 0 atom stereocenters. The summed E-state index contributed by atoms with van der Waals surface area (Å²) in [5.74, 6) is -0.0876. The standard InChI is InChI=1S/C15H23N3O2/c1-3-5-6-7-10-16-14(19)9-8-13-11-17-15(18-12-13)20-4-2/h8-9,11-12H,3-7,10H2,1-2H3,(H,16,19)/b9-8+. The number of hydrogen-bond donors (Lipinski definition) is 1. The molecule has 0 aliphatic heterocycles. The number of unbranched alkanes of at least 4 members (excludes halogenated alkanes) is 3. The summed E-state index contributed by atoms with van der Waals surface area (Å²) in [4.78, 5) is 19.6. The summed E-state index contributed by atoms with van der Waals surface area (Å²) in [5, 5.41) is 2.85. The molecule has 5 heteroatoms. The van der Waals surface area contributed by atoms with Gasteiger partial charge in [-0.25, -0.2) is 9.97 Å². The van der Waals surface area contributed by atoms with E-state index in [1.165, 1.54) is 18.9 Å². The van der Waals surface area contributed by atoms with Crippen LogP contribution in [0.2, 0.25) is 0 Å². The van der Waals surface area contributed by atoms with Gasteiger partial charge in [0.05, 0.1) is 6.61 Å². The molecule has 0 aromatic carbocycles. The summed E-state index contributed by atoms with van der Waals surface area (Å²) in [7, 11) is 0. The Morgan fingerprint density at radius 1 is 1.25 bits per heavy atom. The molecule has 1 rings (SSSR count). The van der Waals surface area contributed by atoms with Crippen molar-refractivity contribution in [2.24, 2.45) is 0 Å². The molecule has 0 radical (unpaired) electrons. The molecule has 20 heavy (non-hydrogen) atoms. The van der Waals surface area contributed by atoms with Crippen molar-refractivity contribution in [1.29, 1.82) is 0 Å². The van der Waals surface area contributed by atoms with E-state index in [0.717, 1.165) is 24.9 Å². The van der Waals surface area contributed by atoms with Crippen LogP contribution in [0.4, 0.5) is 0 Å². The Hall–Kier alpha value is -1.91. The molecule has 0 saturated heterocycles. The van der Waals surface area contributed by atoms with Gasteiger partial charge < -0.3 is 10.1 Å². The largest absolute Gasteiger partial charge is 0.464 e. The maximum Gasteiger partial charge on any atom is 0.316 e. The molecular formula is C15H23N3O2. The second kappa shape index (κ2) is 9.95. The van der Waals surface area contributed by atoms with Crippen molar-refractivity contribution in [3.05, 3.63) is 24.0 Å². The van der Waals surface area contributed by atoms with Crippen LogP contribution in [0.1, 0.15) is 45.1 Å². The first-order valence-electron chi connectivity index (χ1n) is 7.17. The topological polar surface area (TPSA) is 64.1 Å². The Balaban J connectivity index is 2.29. The van der Waals surface area contributed by atoms with Gasteiger partial charge in [0, 0.05) is 30.6 Å². The van der Waals surface area contributed by atoms with Crippen LogP contribution in [0.5, 0.6) is 6.01 Å². The number of rotatable bonds is 9. The van der Waals surface area contributed by atoms with Crippen LogP contribution in [0.3, 0.4) is 0 Å². The van der Waals surface area contributed by atoms with Crippen LogP contribution in [0.15, 0.2) is 18.5 Å². The van der Waals surface area contributed by atoms with Crippen molar-refractivity contribution < 1.29 is 9.53 Å².